The average molecular weight is 188 g/mol. The molecule has 0 aromatic carbocycles. The maximum atomic E-state index is 10.8. The van der Waals surface area contributed by atoms with Crippen LogP contribution in [0.25, 0.3) is 0 Å². The third-order valence-corrected chi connectivity index (χ3v) is 1.58. The minimum absolute atomic E-state index is 0.0933. The molecule has 0 spiro atoms. The summed E-state index contributed by atoms with van der Waals surface area (Å²) in [6.07, 6.45) is 4.06. The summed E-state index contributed by atoms with van der Waals surface area (Å²) in [5.41, 5.74) is 6.09. The zero-order valence-corrected chi connectivity index (χ0v) is 7.97. The molecule has 0 aliphatic rings. The quantitative estimate of drug-likeness (QED) is 0.529. The van der Waals surface area contributed by atoms with Gasteiger partial charge in [-0.1, -0.05) is 6.58 Å². The molecule has 0 radical (unpaired) electrons. The lowest BCUT2D eigenvalue weighted by Crippen LogP contribution is -2.03. The van der Waals surface area contributed by atoms with Crippen LogP contribution in [0, 0.1) is 0 Å². The first kappa shape index (κ1) is 11.2. The fourth-order valence-electron chi connectivity index (χ4n) is 0.679. The largest absolute Gasteiger partial charge is 0.402 e. The number of carbonyl (C=O) groups excluding carboxylic acids is 1. The van der Waals surface area contributed by atoms with Crippen molar-refractivity contribution < 1.29 is 4.79 Å². The van der Waals surface area contributed by atoms with Gasteiger partial charge in [-0.3, -0.25) is 4.79 Å². The number of rotatable bonds is 5. The lowest BCUT2D eigenvalue weighted by Gasteiger charge is -2.01. The Balaban J connectivity index is 3.85. The van der Waals surface area contributed by atoms with Crippen LogP contribution in [0.5, 0.6) is 0 Å². The zero-order valence-electron chi connectivity index (χ0n) is 7.22. The number of ketones is 1. The summed E-state index contributed by atoms with van der Waals surface area (Å²) < 4.78 is 0. The second-order valence-electron chi connectivity index (χ2n) is 2.65. The van der Waals surface area contributed by atoms with Crippen molar-refractivity contribution in [2.45, 2.75) is 25.1 Å². The summed E-state index contributed by atoms with van der Waals surface area (Å²) in [6.45, 7) is 5.23. The van der Waals surface area contributed by atoms with Crippen LogP contribution in [0.3, 0.4) is 0 Å². The molecule has 0 aromatic rings. The molecule has 3 heteroatoms. The maximum absolute atomic E-state index is 10.8. The average Bonchev–Trinajstić information content (AvgIpc) is 2.00. The van der Waals surface area contributed by atoms with Gasteiger partial charge >= 0.3 is 0 Å². The first-order valence-corrected chi connectivity index (χ1v) is 4.26. The van der Waals surface area contributed by atoms with Gasteiger partial charge in [0, 0.05) is 17.2 Å². The van der Waals surface area contributed by atoms with Crippen molar-refractivity contribution in [3.8, 4) is 0 Å². The van der Waals surface area contributed by atoms with E-state index < -0.39 is 0 Å². The highest BCUT2D eigenvalue weighted by Crippen LogP contribution is 2.07. The molecule has 0 heterocycles. The molecule has 0 unspecified atom stereocenters. The Morgan fingerprint density at radius 2 is 2.33 bits per heavy atom. The van der Waals surface area contributed by atoms with Gasteiger partial charge in [-0.2, -0.15) is 0 Å². The van der Waals surface area contributed by atoms with E-state index in [1.807, 2.05) is 6.92 Å². The molecule has 12 heavy (non-hydrogen) atoms. The number of hydrogen-bond donors (Lipinski definition) is 1. The molecule has 2 nitrogen and oxygen atoms in total. The van der Waals surface area contributed by atoms with Crippen LogP contribution in [-0.4, -0.2) is 11.2 Å². The normalized spacial score (nSPS) is 14.0. The molecule has 0 bridgehead atoms. The van der Waals surface area contributed by atoms with E-state index in [0.717, 1.165) is 6.42 Å². The molecule has 0 saturated heterocycles. The topological polar surface area (TPSA) is 43.1 Å². The van der Waals surface area contributed by atoms with Gasteiger partial charge in [-0.15, -0.1) is 11.6 Å². The molecule has 0 fully saturated rings. The van der Waals surface area contributed by atoms with E-state index in [0.29, 0.717) is 12.1 Å². The van der Waals surface area contributed by atoms with Crippen molar-refractivity contribution in [1.82, 2.24) is 0 Å². The van der Waals surface area contributed by atoms with Crippen molar-refractivity contribution in [3.63, 3.8) is 0 Å². The standard InChI is InChI=1S/C9H14ClNO/c1-3-9(12)6-8(11)5-4-7(2)10/h3,6-7H,1,4-5,11H2,2H3/b8-6-/t7-/m1/s1. The lowest BCUT2D eigenvalue weighted by atomic mass is 10.2. The highest BCUT2D eigenvalue weighted by atomic mass is 35.5. The van der Waals surface area contributed by atoms with Crippen LogP contribution in [0.1, 0.15) is 19.8 Å². The minimum atomic E-state index is -0.158. The van der Waals surface area contributed by atoms with Crippen LogP contribution >= 0.6 is 11.6 Å². The van der Waals surface area contributed by atoms with Crippen molar-refractivity contribution in [1.29, 1.82) is 0 Å². The van der Waals surface area contributed by atoms with E-state index in [-0.39, 0.29) is 11.2 Å². The molecular weight excluding hydrogens is 174 g/mol. The summed E-state index contributed by atoms with van der Waals surface area (Å²) in [5.74, 6) is -0.158. The second-order valence-corrected chi connectivity index (χ2v) is 3.39. The zero-order chi connectivity index (χ0) is 9.56. The third kappa shape index (κ3) is 5.98. The molecule has 0 aliphatic carbocycles. The van der Waals surface area contributed by atoms with Gasteiger partial charge in [0.25, 0.3) is 0 Å². The van der Waals surface area contributed by atoms with Crippen molar-refractivity contribution >= 4 is 17.4 Å². The van der Waals surface area contributed by atoms with E-state index in [1.165, 1.54) is 12.2 Å². The summed E-state index contributed by atoms with van der Waals surface area (Å²) >= 11 is 5.70. The van der Waals surface area contributed by atoms with Gasteiger partial charge in [-0.05, 0) is 25.8 Å². The van der Waals surface area contributed by atoms with Gasteiger partial charge in [0.1, 0.15) is 0 Å². The fraction of sp³-hybridized carbons (Fsp3) is 0.444. The number of halogens is 1. The Kier molecular flexibility index (Phi) is 5.47. The number of allylic oxidation sites excluding steroid dienone is 3. The molecule has 0 amide bonds. The first-order valence-electron chi connectivity index (χ1n) is 3.82. The lowest BCUT2D eigenvalue weighted by molar-refractivity contribution is -0.110. The van der Waals surface area contributed by atoms with E-state index >= 15 is 0 Å². The number of hydrogen-bond acceptors (Lipinski definition) is 2. The second kappa shape index (κ2) is 5.84. The Labute approximate surface area is 78.1 Å². The van der Waals surface area contributed by atoms with Crippen LogP contribution in [-0.2, 0) is 4.79 Å². The summed E-state index contributed by atoms with van der Waals surface area (Å²) in [5, 5.41) is 0.0933. The molecule has 1 atom stereocenters. The van der Waals surface area contributed by atoms with Crippen molar-refractivity contribution in [3.05, 3.63) is 24.4 Å². The smallest absolute Gasteiger partial charge is 0.179 e. The predicted octanol–water partition coefficient (Wildman–Crippen LogP) is 1.99. The summed E-state index contributed by atoms with van der Waals surface area (Å²) in [4.78, 5) is 10.8. The van der Waals surface area contributed by atoms with Crippen LogP contribution < -0.4 is 5.73 Å². The number of carbonyl (C=O) groups is 1. The summed E-state index contributed by atoms with van der Waals surface area (Å²) in [7, 11) is 0. The van der Waals surface area contributed by atoms with Gasteiger partial charge in [-0.25, -0.2) is 0 Å². The van der Waals surface area contributed by atoms with Gasteiger partial charge < -0.3 is 5.73 Å². The third-order valence-electron chi connectivity index (χ3n) is 1.36. The highest BCUT2D eigenvalue weighted by Gasteiger charge is 1.98. The fourth-order valence-corrected chi connectivity index (χ4v) is 0.788. The first-order chi connectivity index (χ1) is 5.56. The Morgan fingerprint density at radius 1 is 1.75 bits per heavy atom. The van der Waals surface area contributed by atoms with Gasteiger partial charge in [0.15, 0.2) is 5.78 Å². The maximum Gasteiger partial charge on any atom is 0.179 e. The highest BCUT2D eigenvalue weighted by molar-refractivity contribution is 6.20. The molecule has 0 rings (SSSR count). The van der Waals surface area contributed by atoms with E-state index in [9.17, 15) is 4.79 Å². The van der Waals surface area contributed by atoms with E-state index in [2.05, 4.69) is 6.58 Å². The predicted molar refractivity (Wildman–Crippen MR) is 52.0 cm³/mol. The number of nitrogens with two attached hydrogens (primary N) is 1. The summed E-state index contributed by atoms with van der Waals surface area (Å²) in [6, 6.07) is 0. The van der Waals surface area contributed by atoms with E-state index in [1.54, 1.807) is 0 Å². The van der Waals surface area contributed by atoms with Gasteiger partial charge in [0.2, 0.25) is 0 Å². The van der Waals surface area contributed by atoms with Crippen molar-refractivity contribution in [2.24, 2.45) is 5.73 Å². The molecule has 2 N–H and O–H groups in total. The van der Waals surface area contributed by atoms with Crippen LogP contribution in [0.15, 0.2) is 24.4 Å². The molecule has 68 valence electrons. The molecule has 0 aromatic heterocycles. The molecule has 0 saturated carbocycles. The van der Waals surface area contributed by atoms with Crippen LogP contribution in [0.2, 0.25) is 0 Å². The number of alkyl halides is 1. The van der Waals surface area contributed by atoms with Gasteiger partial charge in [0.05, 0.1) is 0 Å². The Hall–Kier alpha value is -0.760. The Bertz CT molecular complexity index is 197. The van der Waals surface area contributed by atoms with Crippen molar-refractivity contribution in [2.75, 3.05) is 0 Å². The Morgan fingerprint density at radius 3 is 2.75 bits per heavy atom. The molecule has 0 aliphatic heterocycles. The molecular formula is C9H14ClNO. The SMILES string of the molecule is C=CC(=O)/C=C(\N)CC[C@@H](C)Cl. The monoisotopic (exact) mass is 187 g/mol. The minimum Gasteiger partial charge on any atom is -0.402 e. The van der Waals surface area contributed by atoms with Crippen LogP contribution in [0.4, 0.5) is 0 Å². The van der Waals surface area contributed by atoms with E-state index in [4.69, 9.17) is 17.3 Å².